The molecule has 29 heavy (non-hydrogen) atoms. The van der Waals surface area contributed by atoms with Crippen molar-refractivity contribution in [2.75, 3.05) is 19.1 Å². The molecule has 0 bridgehead atoms. The van der Waals surface area contributed by atoms with Crippen molar-refractivity contribution in [2.45, 2.75) is 6.92 Å². The number of ether oxygens (including phenoxy) is 2. The molecule has 0 aliphatic carbocycles. The average Bonchev–Trinajstić information content (AvgIpc) is 2.93. The molecule has 0 saturated carbocycles. The normalized spacial score (nSPS) is 15.3. The monoisotopic (exact) mass is 477 g/mol. The van der Waals surface area contributed by atoms with Crippen molar-refractivity contribution in [1.29, 1.82) is 0 Å². The van der Waals surface area contributed by atoms with Crippen LogP contribution < -0.4 is 9.64 Å². The molecule has 1 amide bonds. The van der Waals surface area contributed by atoms with Gasteiger partial charge in [0.2, 0.25) is 0 Å². The molecular formula is C21H17BrClNO5. The first-order chi connectivity index (χ1) is 13.8. The van der Waals surface area contributed by atoms with Crippen LogP contribution in [0, 0.1) is 0 Å². The lowest BCUT2D eigenvalue weighted by atomic mass is 10.0. The van der Waals surface area contributed by atoms with Gasteiger partial charge in [0.15, 0.2) is 0 Å². The SMILES string of the molecule is COC(=O)C1=C(C)N(c2ccc(OC)c(Cl)c2)C(=O)/C1=C\c1cc(Br)ccc1O. The average molecular weight is 479 g/mol. The molecule has 2 aromatic rings. The zero-order chi connectivity index (χ0) is 21.3. The second-order valence-corrected chi connectivity index (χ2v) is 7.50. The van der Waals surface area contributed by atoms with Crippen LogP contribution in [0.15, 0.2) is 57.7 Å². The van der Waals surface area contributed by atoms with Gasteiger partial charge >= 0.3 is 5.97 Å². The summed E-state index contributed by atoms with van der Waals surface area (Å²) in [5.74, 6) is -0.657. The second kappa shape index (κ2) is 8.31. The van der Waals surface area contributed by atoms with E-state index in [1.165, 1.54) is 31.3 Å². The third-order valence-electron chi connectivity index (χ3n) is 4.47. The van der Waals surface area contributed by atoms with Gasteiger partial charge < -0.3 is 14.6 Å². The van der Waals surface area contributed by atoms with E-state index in [9.17, 15) is 14.7 Å². The zero-order valence-corrected chi connectivity index (χ0v) is 18.2. The van der Waals surface area contributed by atoms with Gasteiger partial charge in [0.05, 0.1) is 36.1 Å². The Morgan fingerprint density at radius 3 is 2.55 bits per heavy atom. The maximum Gasteiger partial charge on any atom is 0.340 e. The molecule has 150 valence electrons. The molecule has 1 aliphatic heterocycles. The summed E-state index contributed by atoms with van der Waals surface area (Å²) in [5, 5.41) is 10.5. The van der Waals surface area contributed by atoms with Gasteiger partial charge in [-0.05, 0) is 49.4 Å². The minimum Gasteiger partial charge on any atom is -0.507 e. The standard InChI is InChI=1S/C21H17BrClNO5/c1-11-19(21(27)29-3)15(9-12-8-13(22)4-6-17(12)25)20(26)24(11)14-5-7-18(28-2)16(23)10-14/h4-10,25H,1-3H3/b15-9-. The maximum absolute atomic E-state index is 13.3. The quantitative estimate of drug-likeness (QED) is 0.509. The fourth-order valence-corrected chi connectivity index (χ4v) is 3.71. The van der Waals surface area contributed by atoms with E-state index in [4.69, 9.17) is 21.1 Å². The van der Waals surface area contributed by atoms with Crippen molar-refractivity contribution in [1.82, 2.24) is 0 Å². The lowest BCUT2D eigenvalue weighted by Crippen LogP contribution is -2.24. The van der Waals surface area contributed by atoms with E-state index < -0.39 is 11.9 Å². The Hall–Kier alpha value is -2.77. The summed E-state index contributed by atoms with van der Waals surface area (Å²) in [6.07, 6.45) is 1.46. The molecule has 6 nitrogen and oxygen atoms in total. The van der Waals surface area contributed by atoms with E-state index in [1.54, 1.807) is 37.3 Å². The Morgan fingerprint density at radius 2 is 1.93 bits per heavy atom. The van der Waals surface area contributed by atoms with E-state index in [2.05, 4.69) is 15.9 Å². The van der Waals surface area contributed by atoms with E-state index in [0.29, 0.717) is 32.2 Å². The summed E-state index contributed by atoms with van der Waals surface area (Å²) >= 11 is 9.55. The number of carbonyl (C=O) groups is 2. The number of benzene rings is 2. The molecule has 0 spiro atoms. The molecule has 8 heteroatoms. The highest BCUT2D eigenvalue weighted by Gasteiger charge is 2.38. The van der Waals surface area contributed by atoms with Crippen molar-refractivity contribution in [2.24, 2.45) is 0 Å². The number of anilines is 1. The van der Waals surface area contributed by atoms with Crippen molar-refractivity contribution in [3.05, 3.63) is 68.3 Å². The Kier molecular flexibility index (Phi) is 6.00. The van der Waals surface area contributed by atoms with Crippen molar-refractivity contribution in [3.63, 3.8) is 0 Å². The smallest absolute Gasteiger partial charge is 0.340 e. The third kappa shape index (κ3) is 3.88. The Balaban J connectivity index is 2.17. The Morgan fingerprint density at radius 1 is 1.21 bits per heavy atom. The molecule has 2 aromatic carbocycles. The fourth-order valence-electron chi connectivity index (χ4n) is 3.08. The number of phenolic OH excluding ortho intramolecular Hbond substituents is 1. The minimum absolute atomic E-state index is 0.0266. The number of carbonyl (C=O) groups excluding carboxylic acids is 2. The molecule has 0 fully saturated rings. The first-order valence-electron chi connectivity index (χ1n) is 8.46. The van der Waals surface area contributed by atoms with Gasteiger partial charge in [-0.25, -0.2) is 4.79 Å². The lowest BCUT2D eigenvalue weighted by molar-refractivity contribution is -0.136. The van der Waals surface area contributed by atoms with Gasteiger partial charge in [0.1, 0.15) is 11.5 Å². The highest BCUT2D eigenvalue weighted by molar-refractivity contribution is 9.10. The van der Waals surface area contributed by atoms with Crippen LogP contribution in [-0.4, -0.2) is 31.2 Å². The van der Waals surface area contributed by atoms with Crippen LogP contribution in [0.1, 0.15) is 12.5 Å². The number of rotatable bonds is 4. The second-order valence-electron chi connectivity index (χ2n) is 6.17. The van der Waals surface area contributed by atoms with Gasteiger partial charge in [-0.15, -0.1) is 0 Å². The number of hydrogen-bond acceptors (Lipinski definition) is 5. The Labute approximate surface area is 181 Å². The number of aromatic hydroxyl groups is 1. The maximum atomic E-state index is 13.3. The number of hydrogen-bond donors (Lipinski definition) is 1. The number of nitrogens with zero attached hydrogens (tertiary/aromatic N) is 1. The van der Waals surface area contributed by atoms with Crippen LogP contribution in [0.2, 0.25) is 5.02 Å². The molecule has 0 saturated heterocycles. The molecule has 0 unspecified atom stereocenters. The summed E-state index contributed by atoms with van der Waals surface area (Å²) in [6.45, 7) is 1.64. The van der Waals surface area contributed by atoms with Gasteiger partial charge in [-0.2, -0.15) is 0 Å². The van der Waals surface area contributed by atoms with Crippen molar-refractivity contribution >= 4 is 51.2 Å². The van der Waals surface area contributed by atoms with E-state index in [0.717, 1.165) is 0 Å². The highest BCUT2D eigenvalue weighted by atomic mass is 79.9. The number of amides is 1. The predicted octanol–water partition coefficient (Wildman–Crippen LogP) is 4.69. The fraction of sp³-hybridized carbons (Fsp3) is 0.143. The first-order valence-corrected chi connectivity index (χ1v) is 9.63. The number of phenols is 1. The van der Waals surface area contributed by atoms with Crippen LogP contribution >= 0.6 is 27.5 Å². The number of esters is 1. The van der Waals surface area contributed by atoms with Crippen molar-refractivity contribution < 1.29 is 24.2 Å². The lowest BCUT2D eigenvalue weighted by Gasteiger charge is -2.19. The summed E-state index contributed by atoms with van der Waals surface area (Å²) in [4.78, 5) is 27.1. The van der Waals surface area contributed by atoms with Gasteiger partial charge in [0.25, 0.3) is 5.91 Å². The molecule has 0 aromatic heterocycles. The molecule has 1 heterocycles. The summed E-state index contributed by atoms with van der Waals surface area (Å²) in [5.41, 5.74) is 1.47. The zero-order valence-electron chi connectivity index (χ0n) is 15.8. The molecular weight excluding hydrogens is 462 g/mol. The van der Waals surface area contributed by atoms with Crippen LogP contribution in [0.4, 0.5) is 5.69 Å². The van der Waals surface area contributed by atoms with Crippen molar-refractivity contribution in [3.8, 4) is 11.5 Å². The third-order valence-corrected chi connectivity index (χ3v) is 5.26. The number of halogens is 2. The molecule has 3 rings (SSSR count). The summed E-state index contributed by atoms with van der Waals surface area (Å²) < 4.78 is 10.8. The number of allylic oxidation sites excluding steroid dienone is 1. The summed E-state index contributed by atoms with van der Waals surface area (Å²) in [7, 11) is 2.74. The minimum atomic E-state index is -0.654. The van der Waals surface area contributed by atoms with Crippen LogP contribution in [0.5, 0.6) is 11.5 Å². The Bertz CT molecular complexity index is 1080. The van der Waals surface area contributed by atoms with E-state index >= 15 is 0 Å². The molecule has 1 N–H and O–H groups in total. The van der Waals surface area contributed by atoms with Crippen LogP contribution in [0.3, 0.4) is 0 Å². The summed E-state index contributed by atoms with van der Waals surface area (Å²) in [6, 6.07) is 9.69. The van der Waals surface area contributed by atoms with Crippen LogP contribution in [-0.2, 0) is 14.3 Å². The molecule has 1 aliphatic rings. The molecule has 0 radical (unpaired) electrons. The number of methoxy groups -OCH3 is 2. The van der Waals surface area contributed by atoms with Gasteiger partial charge in [-0.3, -0.25) is 9.69 Å². The topological polar surface area (TPSA) is 76.1 Å². The van der Waals surface area contributed by atoms with Gasteiger partial charge in [-0.1, -0.05) is 27.5 Å². The van der Waals surface area contributed by atoms with E-state index in [1.807, 2.05) is 0 Å². The predicted molar refractivity (Wildman–Crippen MR) is 114 cm³/mol. The first kappa shape index (κ1) is 21.0. The van der Waals surface area contributed by atoms with Gasteiger partial charge in [0, 0.05) is 15.7 Å². The largest absolute Gasteiger partial charge is 0.507 e. The molecule has 0 atom stereocenters. The van der Waals surface area contributed by atoms with Crippen LogP contribution in [0.25, 0.3) is 6.08 Å². The van der Waals surface area contributed by atoms with E-state index in [-0.39, 0.29) is 16.9 Å². The highest BCUT2D eigenvalue weighted by Crippen LogP contribution is 2.39.